The Kier molecular flexibility index (Phi) is 8.28. The second-order valence-corrected chi connectivity index (χ2v) is 20.7. The van der Waals surface area contributed by atoms with Crippen LogP contribution in [0, 0.1) is 5.82 Å². The Bertz CT molecular complexity index is 1840. The van der Waals surface area contributed by atoms with E-state index < -0.39 is 25.6 Å². The van der Waals surface area contributed by atoms with Gasteiger partial charge in [-0.3, -0.25) is 14.0 Å². The standard InChI is InChI=1S/C33H46FN7O4Si/c1-33(2,3)45-32(43)35-20-15-21-9-10-22(16-20)41(21)31-36-29-27(30(42)39(31)5)24(18-40(29)19-44-13-14-46(6,7)8)23-11-12-26-25(28(23)34)17-38(4)37-26/h11-12,17-18,20-22H,9-10,13-16,19H2,1-8H3,(H,35,43)/t20?,21-,22+. The molecule has 13 heteroatoms. The summed E-state index contributed by atoms with van der Waals surface area (Å²) in [6, 6.07) is 4.66. The van der Waals surface area contributed by atoms with Gasteiger partial charge >= 0.3 is 6.09 Å². The van der Waals surface area contributed by atoms with Gasteiger partial charge in [-0.15, -0.1) is 0 Å². The number of amides is 1. The van der Waals surface area contributed by atoms with Gasteiger partial charge < -0.3 is 24.3 Å². The minimum atomic E-state index is -1.31. The van der Waals surface area contributed by atoms with Gasteiger partial charge in [0.05, 0.1) is 16.3 Å². The molecule has 0 saturated carbocycles. The Morgan fingerprint density at radius 2 is 1.78 bits per heavy atom. The number of anilines is 1. The summed E-state index contributed by atoms with van der Waals surface area (Å²) >= 11 is 0. The van der Waals surface area contributed by atoms with E-state index in [0.717, 1.165) is 31.7 Å². The number of hydrogen-bond donors (Lipinski definition) is 1. The number of nitrogens with zero attached hydrogens (tertiary/aromatic N) is 6. The number of hydrogen-bond acceptors (Lipinski definition) is 7. The summed E-state index contributed by atoms with van der Waals surface area (Å²) < 4.78 is 32.7. The lowest BCUT2D eigenvalue weighted by Gasteiger charge is -2.40. The van der Waals surface area contributed by atoms with E-state index in [2.05, 4.69) is 35.0 Å². The number of ether oxygens (including phenoxy) is 2. The maximum Gasteiger partial charge on any atom is 0.407 e. The third kappa shape index (κ3) is 6.31. The van der Waals surface area contributed by atoms with Crippen molar-refractivity contribution in [2.45, 2.75) is 103 Å². The molecule has 2 bridgehead atoms. The molecular formula is C33H46FN7O4Si. The molecule has 1 N–H and O–H groups in total. The van der Waals surface area contributed by atoms with Crippen molar-refractivity contribution in [2.75, 3.05) is 11.5 Å². The van der Waals surface area contributed by atoms with Gasteiger partial charge in [-0.25, -0.2) is 9.18 Å². The second kappa shape index (κ2) is 11.8. The van der Waals surface area contributed by atoms with Crippen LogP contribution in [-0.4, -0.2) is 68.4 Å². The maximum absolute atomic E-state index is 16.0. The number of halogens is 1. The maximum atomic E-state index is 16.0. The first-order valence-electron chi connectivity index (χ1n) is 16.2. The number of fused-ring (bicyclic) bond motifs is 4. The van der Waals surface area contributed by atoms with Crippen molar-refractivity contribution in [1.29, 1.82) is 0 Å². The molecule has 1 amide bonds. The van der Waals surface area contributed by atoms with Gasteiger partial charge in [-0.2, -0.15) is 10.1 Å². The van der Waals surface area contributed by atoms with Crippen LogP contribution in [0.4, 0.5) is 15.1 Å². The van der Waals surface area contributed by atoms with Crippen molar-refractivity contribution in [1.82, 2.24) is 29.2 Å². The Hall–Kier alpha value is -3.71. The van der Waals surface area contributed by atoms with Crippen LogP contribution in [-0.2, 0) is 30.3 Å². The van der Waals surface area contributed by atoms with Gasteiger partial charge in [0.25, 0.3) is 5.56 Å². The average molecular weight is 652 g/mol. The van der Waals surface area contributed by atoms with E-state index >= 15 is 4.39 Å². The number of carbonyl (C=O) groups excluding carboxylic acids is 1. The molecular weight excluding hydrogens is 605 g/mol. The van der Waals surface area contributed by atoms with Crippen LogP contribution in [0.1, 0.15) is 46.5 Å². The molecule has 3 aromatic heterocycles. The number of aryl methyl sites for hydroxylation is 1. The Labute approximate surface area is 269 Å². The lowest BCUT2D eigenvalue weighted by atomic mass is 9.98. The fourth-order valence-electron chi connectivity index (χ4n) is 6.86. The molecule has 2 saturated heterocycles. The smallest absolute Gasteiger partial charge is 0.407 e. The molecule has 3 atom stereocenters. The number of aromatic nitrogens is 5. The monoisotopic (exact) mass is 651 g/mol. The summed E-state index contributed by atoms with van der Waals surface area (Å²) in [5.74, 6) is 0.157. The molecule has 46 heavy (non-hydrogen) atoms. The molecule has 0 aliphatic carbocycles. The van der Waals surface area contributed by atoms with E-state index in [-0.39, 0.29) is 30.4 Å². The third-order valence-electron chi connectivity index (χ3n) is 9.01. The lowest BCUT2D eigenvalue weighted by molar-refractivity contribution is 0.0492. The Balaban J connectivity index is 1.38. The van der Waals surface area contributed by atoms with E-state index in [9.17, 15) is 9.59 Å². The first-order chi connectivity index (χ1) is 21.6. The fourth-order valence-corrected chi connectivity index (χ4v) is 7.62. The predicted octanol–water partition coefficient (Wildman–Crippen LogP) is 5.76. The summed E-state index contributed by atoms with van der Waals surface area (Å²) in [5, 5.41) is 8.15. The number of carbonyl (C=O) groups is 1. The zero-order chi connectivity index (χ0) is 33.1. The van der Waals surface area contributed by atoms with E-state index in [4.69, 9.17) is 14.5 Å². The van der Waals surface area contributed by atoms with Crippen LogP contribution < -0.4 is 15.8 Å². The molecule has 2 aliphatic heterocycles. The van der Waals surface area contributed by atoms with Crippen molar-refractivity contribution in [3.05, 3.63) is 40.7 Å². The molecule has 5 heterocycles. The molecule has 2 aliphatic rings. The van der Waals surface area contributed by atoms with Gasteiger partial charge in [-0.1, -0.05) is 19.6 Å². The SMILES string of the molecule is Cn1cc2c(F)c(-c3cn(COCC[Si](C)(C)C)c4nc(N5[C@@H]6CC[C@H]5CC(NC(=O)OC(C)(C)C)C6)n(C)c(=O)c34)ccc2n1. The summed E-state index contributed by atoms with van der Waals surface area (Å²) in [5.41, 5.74) is 1.02. The van der Waals surface area contributed by atoms with Crippen LogP contribution >= 0.6 is 0 Å². The molecule has 0 radical (unpaired) electrons. The number of benzene rings is 1. The van der Waals surface area contributed by atoms with E-state index in [0.29, 0.717) is 45.6 Å². The van der Waals surface area contributed by atoms with Gasteiger partial charge in [0.2, 0.25) is 5.95 Å². The molecule has 4 aromatic rings. The highest BCUT2D eigenvalue weighted by molar-refractivity contribution is 6.76. The third-order valence-corrected chi connectivity index (χ3v) is 10.7. The molecule has 2 fully saturated rings. The van der Waals surface area contributed by atoms with E-state index in [1.807, 2.05) is 25.3 Å². The topological polar surface area (TPSA) is 108 Å². The van der Waals surface area contributed by atoms with Crippen LogP contribution in [0.2, 0.25) is 25.7 Å². The summed E-state index contributed by atoms with van der Waals surface area (Å²) in [7, 11) is 2.18. The number of rotatable bonds is 8. The number of nitrogens with one attached hydrogen (secondary N) is 1. The average Bonchev–Trinajstić information content (AvgIpc) is 3.58. The zero-order valence-electron chi connectivity index (χ0n) is 28.2. The van der Waals surface area contributed by atoms with Gasteiger partial charge in [0.15, 0.2) is 5.65 Å². The van der Waals surface area contributed by atoms with Crippen molar-refractivity contribution < 1.29 is 18.7 Å². The molecule has 248 valence electrons. The summed E-state index contributed by atoms with van der Waals surface area (Å²) in [6.45, 7) is 13.3. The van der Waals surface area contributed by atoms with Crippen LogP contribution in [0.3, 0.4) is 0 Å². The fraction of sp³-hybridized carbons (Fsp3) is 0.576. The molecule has 1 aromatic carbocycles. The van der Waals surface area contributed by atoms with Gasteiger partial charge in [-0.05, 0) is 64.6 Å². The van der Waals surface area contributed by atoms with Crippen molar-refractivity contribution in [3.63, 3.8) is 0 Å². The predicted molar refractivity (Wildman–Crippen MR) is 180 cm³/mol. The highest BCUT2D eigenvalue weighted by Crippen LogP contribution is 2.40. The quantitative estimate of drug-likeness (QED) is 0.191. The molecule has 0 spiro atoms. The summed E-state index contributed by atoms with van der Waals surface area (Å²) in [6.07, 6.45) is 6.37. The highest BCUT2D eigenvalue weighted by atomic mass is 28.3. The second-order valence-electron chi connectivity index (χ2n) is 15.1. The number of alkyl carbamates (subject to hydrolysis) is 1. The van der Waals surface area contributed by atoms with Crippen molar-refractivity contribution in [3.8, 4) is 11.1 Å². The van der Waals surface area contributed by atoms with Gasteiger partial charge in [0, 0.05) is 70.4 Å². The Morgan fingerprint density at radius 3 is 2.43 bits per heavy atom. The Morgan fingerprint density at radius 1 is 1.09 bits per heavy atom. The minimum absolute atomic E-state index is 0.0232. The van der Waals surface area contributed by atoms with Crippen molar-refractivity contribution >= 4 is 42.1 Å². The number of piperidine rings is 1. The molecule has 11 nitrogen and oxygen atoms in total. The van der Waals surface area contributed by atoms with E-state index in [1.54, 1.807) is 47.9 Å². The van der Waals surface area contributed by atoms with Crippen molar-refractivity contribution in [2.24, 2.45) is 14.1 Å². The minimum Gasteiger partial charge on any atom is -0.444 e. The van der Waals surface area contributed by atoms with Crippen LogP contribution in [0.5, 0.6) is 0 Å². The zero-order valence-corrected chi connectivity index (χ0v) is 29.2. The normalized spacial score (nSPS) is 20.2. The van der Waals surface area contributed by atoms with Gasteiger partial charge in [0.1, 0.15) is 18.1 Å². The first-order valence-corrected chi connectivity index (χ1v) is 19.9. The largest absolute Gasteiger partial charge is 0.444 e. The highest BCUT2D eigenvalue weighted by Gasteiger charge is 2.43. The lowest BCUT2D eigenvalue weighted by Crippen LogP contribution is -2.52. The van der Waals surface area contributed by atoms with Crippen LogP contribution in [0.25, 0.3) is 33.1 Å². The molecule has 6 rings (SSSR count). The van der Waals surface area contributed by atoms with E-state index in [1.165, 1.54) is 0 Å². The van der Waals surface area contributed by atoms with Crippen LogP contribution in [0.15, 0.2) is 29.3 Å². The summed E-state index contributed by atoms with van der Waals surface area (Å²) in [4.78, 5) is 34.2. The molecule has 1 unspecified atom stereocenters. The first kappa shape index (κ1) is 32.2.